The average molecular weight is 266 g/mol. The number of hydrogen-bond acceptors (Lipinski definition) is 2. The number of carbonyl (C=O) groups is 1. The van der Waals surface area contributed by atoms with Crippen molar-refractivity contribution in [3.8, 4) is 0 Å². The Balaban J connectivity index is 2.32. The molecule has 2 aromatic carbocycles. The Hall–Kier alpha value is -2.50. The van der Waals surface area contributed by atoms with Gasteiger partial charge in [0.1, 0.15) is 11.5 Å². The van der Waals surface area contributed by atoms with Gasteiger partial charge >= 0.3 is 0 Å². The molecule has 0 unspecified atom stereocenters. The van der Waals surface area contributed by atoms with Crippen LogP contribution < -0.4 is 11.1 Å². The molecule has 3 nitrogen and oxygen atoms in total. The highest BCUT2D eigenvalue weighted by Gasteiger charge is 2.15. The van der Waals surface area contributed by atoms with E-state index in [1.165, 1.54) is 12.1 Å². The van der Waals surface area contributed by atoms with Gasteiger partial charge in [0.2, 0.25) is 0 Å². The lowest BCUT2D eigenvalue weighted by molar-refractivity contribution is 0.102. The third kappa shape index (κ3) is 2.67. The van der Waals surface area contributed by atoms with Crippen molar-refractivity contribution < 1.29 is 18.0 Å². The molecule has 0 aromatic heterocycles. The van der Waals surface area contributed by atoms with Crippen molar-refractivity contribution in [2.45, 2.75) is 0 Å². The van der Waals surface area contributed by atoms with Crippen LogP contribution >= 0.6 is 0 Å². The van der Waals surface area contributed by atoms with Crippen molar-refractivity contribution in [1.82, 2.24) is 0 Å². The van der Waals surface area contributed by atoms with Crippen LogP contribution in [-0.2, 0) is 0 Å². The van der Waals surface area contributed by atoms with Crippen LogP contribution in [0.1, 0.15) is 10.4 Å². The third-order valence-corrected chi connectivity index (χ3v) is 2.45. The quantitative estimate of drug-likeness (QED) is 0.821. The lowest BCUT2D eigenvalue weighted by Crippen LogP contribution is -2.15. The molecule has 6 heteroatoms. The summed E-state index contributed by atoms with van der Waals surface area (Å²) in [5, 5.41) is 2.12. The maximum atomic E-state index is 13.5. The Morgan fingerprint density at radius 2 is 1.84 bits per heavy atom. The van der Waals surface area contributed by atoms with E-state index in [-0.39, 0.29) is 11.3 Å². The topological polar surface area (TPSA) is 55.1 Å². The van der Waals surface area contributed by atoms with Crippen molar-refractivity contribution in [2.24, 2.45) is 0 Å². The van der Waals surface area contributed by atoms with Crippen molar-refractivity contribution in [3.63, 3.8) is 0 Å². The van der Waals surface area contributed by atoms with Crippen LogP contribution in [0.4, 0.5) is 24.5 Å². The molecule has 0 saturated heterocycles. The number of halogens is 3. The van der Waals surface area contributed by atoms with Gasteiger partial charge in [-0.05, 0) is 30.3 Å². The van der Waals surface area contributed by atoms with Crippen molar-refractivity contribution in [2.75, 3.05) is 11.1 Å². The number of hydrogen-bond donors (Lipinski definition) is 2. The van der Waals surface area contributed by atoms with Gasteiger partial charge in [0, 0.05) is 5.56 Å². The highest BCUT2D eigenvalue weighted by atomic mass is 19.2. The second-order valence-corrected chi connectivity index (χ2v) is 3.79. The van der Waals surface area contributed by atoms with Gasteiger partial charge in [-0.2, -0.15) is 0 Å². The second-order valence-electron chi connectivity index (χ2n) is 3.79. The van der Waals surface area contributed by atoms with Gasteiger partial charge in [0.15, 0.2) is 11.6 Å². The van der Waals surface area contributed by atoms with Crippen molar-refractivity contribution in [3.05, 3.63) is 59.4 Å². The summed E-state index contributed by atoms with van der Waals surface area (Å²) in [6, 6.07) is 6.78. The van der Waals surface area contributed by atoms with Crippen molar-refractivity contribution >= 4 is 17.3 Å². The Morgan fingerprint density at radius 3 is 2.53 bits per heavy atom. The van der Waals surface area contributed by atoms with E-state index in [9.17, 15) is 18.0 Å². The molecule has 0 heterocycles. The number of benzene rings is 2. The van der Waals surface area contributed by atoms with Gasteiger partial charge in [-0.25, -0.2) is 13.2 Å². The molecular weight excluding hydrogens is 257 g/mol. The summed E-state index contributed by atoms with van der Waals surface area (Å²) in [5.41, 5.74) is 4.84. The summed E-state index contributed by atoms with van der Waals surface area (Å²) >= 11 is 0. The zero-order valence-electron chi connectivity index (χ0n) is 9.58. The molecule has 98 valence electrons. The van der Waals surface area contributed by atoms with Gasteiger partial charge in [0.05, 0.1) is 5.69 Å². The maximum Gasteiger partial charge on any atom is 0.255 e. The minimum Gasteiger partial charge on any atom is -0.397 e. The highest BCUT2D eigenvalue weighted by Crippen LogP contribution is 2.25. The zero-order chi connectivity index (χ0) is 14.0. The molecule has 0 spiro atoms. The van der Waals surface area contributed by atoms with E-state index >= 15 is 0 Å². The van der Waals surface area contributed by atoms with E-state index < -0.39 is 29.0 Å². The summed E-state index contributed by atoms with van der Waals surface area (Å²) in [6.07, 6.45) is 0. The normalized spacial score (nSPS) is 10.3. The molecule has 0 fully saturated rings. The number of amides is 1. The molecule has 19 heavy (non-hydrogen) atoms. The van der Waals surface area contributed by atoms with Crippen LogP contribution in [0.3, 0.4) is 0 Å². The molecule has 0 atom stereocenters. The largest absolute Gasteiger partial charge is 0.397 e. The molecule has 0 radical (unpaired) electrons. The SMILES string of the molecule is Nc1ccc(F)c(F)c1NC(=O)c1cccc(F)c1. The first kappa shape index (κ1) is 12.9. The number of nitrogens with two attached hydrogens (primary N) is 1. The van der Waals surface area contributed by atoms with E-state index in [2.05, 4.69) is 5.32 Å². The standard InChI is InChI=1S/C13H9F3N2O/c14-8-3-1-2-7(6-8)13(19)18-12-10(17)5-4-9(15)11(12)16/h1-6H,17H2,(H,18,19). The molecule has 0 bridgehead atoms. The van der Waals surface area contributed by atoms with E-state index in [1.54, 1.807) is 0 Å². The first-order valence-electron chi connectivity index (χ1n) is 5.29. The van der Waals surface area contributed by atoms with Gasteiger partial charge in [-0.1, -0.05) is 6.07 Å². The summed E-state index contributed by atoms with van der Waals surface area (Å²) in [7, 11) is 0. The Kier molecular flexibility index (Phi) is 3.41. The fraction of sp³-hybridized carbons (Fsp3) is 0. The van der Waals surface area contributed by atoms with Gasteiger partial charge in [-0.3, -0.25) is 4.79 Å². The summed E-state index contributed by atoms with van der Waals surface area (Å²) in [5.74, 6) is -3.79. The average Bonchev–Trinajstić information content (AvgIpc) is 2.39. The van der Waals surface area contributed by atoms with Gasteiger partial charge < -0.3 is 11.1 Å². The molecule has 3 N–H and O–H groups in total. The fourth-order valence-corrected chi connectivity index (χ4v) is 1.51. The minimum atomic E-state index is -1.26. The first-order valence-corrected chi connectivity index (χ1v) is 5.29. The summed E-state index contributed by atoms with van der Waals surface area (Å²) in [4.78, 5) is 11.8. The van der Waals surface area contributed by atoms with Crippen LogP contribution in [-0.4, -0.2) is 5.91 Å². The lowest BCUT2D eigenvalue weighted by Gasteiger charge is -2.09. The first-order chi connectivity index (χ1) is 8.99. The molecule has 0 aliphatic carbocycles. The number of rotatable bonds is 2. The number of anilines is 2. The third-order valence-electron chi connectivity index (χ3n) is 2.45. The second kappa shape index (κ2) is 5.01. The number of carbonyl (C=O) groups excluding carboxylic acids is 1. The smallest absolute Gasteiger partial charge is 0.255 e. The summed E-state index contributed by atoms with van der Waals surface area (Å²) < 4.78 is 39.5. The van der Waals surface area contributed by atoms with Crippen LogP contribution in [0.5, 0.6) is 0 Å². The lowest BCUT2D eigenvalue weighted by atomic mass is 10.2. The predicted octanol–water partition coefficient (Wildman–Crippen LogP) is 2.94. The van der Waals surface area contributed by atoms with E-state index in [0.717, 1.165) is 24.3 Å². The van der Waals surface area contributed by atoms with Crippen LogP contribution in [0.15, 0.2) is 36.4 Å². The molecule has 0 aliphatic heterocycles. The molecular formula is C13H9F3N2O. The van der Waals surface area contributed by atoms with E-state index in [0.29, 0.717) is 0 Å². The van der Waals surface area contributed by atoms with Crippen LogP contribution in [0.2, 0.25) is 0 Å². The Morgan fingerprint density at radius 1 is 1.11 bits per heavy atom. The zero-order valence-corrected chi connectivity index (χ0v) is 9.58. The van der Waals surface area contributed by atoms with Gasteiger partial charge in [-0.15, -0.1) is 0 Å². The monoisotopic (exact) mass is 266 g/mol. The van der Waals surface area contributed by atoms with Gasteiger partial charge in [0.25, 0.3) is 5.91 Å². The highest BCUT2D eigenvalue weighted by molar-refractivity contribution is 6.05. The number of nitrogen functional groups attached to an aromatic ring is 1. The Labute approximate surface area is 106 Å². The molecule has 2 rings (SSSR count). The molecule has 1 amide bonds. The van der Waals surface area contributed by atoms with Crippen LogP contribution in [0, 0.1) is 17.5 Å². The number of nitrogens with one attached hydrogen (secondary N) is 1. The fourth-order valence-electron chi connectivity index (χ4n) is 1.51. The van der Waals surface area contributed by atoms with Crippen LogP contribution in [0.25, 0.3) is 0 Å². The minimum absolute atomic E-state index is 0.0249. The maximum absolute atomic E-state index is 13.5. The van der Waals surface area contributed by atoms with Crippen molar-refractivity contribution in [1.29, 1.82) is 0 Å². The molecule has 2 aromatic rings. The molecule has 0 aliphatic rings. The summed E-state index contributed by atoms with van der Waals surface area (Å²) in [6.45, 7) is 0. The predicted molar refractivity (Wildman–Crippen MR) is 65.1 cm³/mol. The Bertz CT molecular complexity index is 644. The van der Waals surface area contributed by atoms with E-state index in [1.807, 2.05) is 0 Å². The molecule has 0 saturated carbocycles. The van der Waals surface area contributed by atoms with E-state index in [4.69, 9.17) is 5.73 Å².